The maximum atomic E-state index is 10.1. The van der Waals surface area contributed by atoms with E-state index in [2.05, 4.69) is 55.6 Å². The first-order chi connectivity index (χ1) is 15.2. The molecular weight excluding hydrogens is 408 g/mol. The molecule has 1 saturated heterocycles. The minimum atomic E-state index is -0.227. The van der Waals surface area contributed by atoms with E-state index in [-0.39, 0.29) is 5.92 Å². The average Bonchev–Trinajstić information content (AvgIpc) is 3.28. The van der Waals surface area contributed by atoms with Gasteiger partial charge < -0.3 is 10.2 Å². The summed E-state index contributed by atoms with van der Waals surface area (Å²) in [5.74, 6) is 0.608. The number of piperazine rings is 1. The van der Waals surface area contributed by atoms with Crippen LogP contribution in [0.15, 0.2) is 72.1 Å². The summed E-state index contributed by atoms with van der Waals surface area (Å²) in [6, 6.07) is 20.7. The molecule has 2 aromatic carbocycles. The first kappa shape index (κ1) is 19.7. The number of allylic oxidation sites excluding steroid dienone is 1. The smallest absolute Gasteiger partial charge is 0.129 e. The van der Waals surface area contributed by atoms with Crippen molar-refractivity contribution in [3.63, 3.8) is 0 Å². The molecule has 31 heavy (non-hydrogen) atoms. The summed E-state index contributed by atoms with van der Waals surface area (Å²) >= 11 is 6.53. The van der Waals surface area contributed by atoms with Gasteiger partial charge in [-0.25, -0.2) is 0 Å². The molecule has 156 valence electrons. The number of H-pyrrole nitrogens is 1. The molecule has 0 aliphatic carbocycles. The van der Waals surface area contributed by atoms with Gasteiger partial charge >= 0.3 is 0 Å². The fourth-order valence-corrected chi connectivity index (χ4v) is 4.72. The van der Waals surface area contributed by atoms with E-state index in [1.165, 1.54) is 5.69 Å². The molecule has 2 aliphatic rings. The summed E-state index contributed by atoms with van der Waals surface area (Å²) in [4.78, 5) is 4.80. The molecule has 0 bridgehead atoms. The van der Waals surface area contributed by atoms with Crippen LogP contribution in [0.25, 0.3) is 0 Å². The highest BCUT2D eigenvalue weighted by atomic mass is 35.5. The Labute approximate surface area is 186 Å². The quantitative estimate of drug-likeness (QED) is 0.648. The second-order valence-electron chi connectivity index (χ2n) is 7.88. The molecule has 1 aromatic heterocycles. The van der Waals surface area contributed by atoms with Crippen molar-refractivity contribution in [2.24, 2.45) is 0 Å². The first-order valence-corrected chi connectivity index (χ1v) is 10.8. The molecule has 5 rings (SSSR count). The van der Waals surface area contributed by atoms with E-state index in [4.69, 9.17) is 11.6 Å². The second-order valence-corrected chi connectivity index (χ2v) is 8.29. The Kier molecular flexibility index (Phi) is 5.37. The van der Waals surface area contributed by atoms with Gasteiger partial charge in [0.15, 0.2) is 0 Å². The third kappa shape index (κ3) is 3.78. The number of aromatic nitrogens is 2. The van der Waals surface area contributed by atoms with Gasteiger partial charge in [-0.05, 0) is 23.8 Å². The molecule has 0 spiro atoms. The number of rotatable bonds is 4. The lowest BCUT2D eigenvalue weighted by atomic mass is 9.83. The predicted octanol–water partition coefficient (Wildman–Crippen LogP) is 4.22. The molecule has 3 aromatic rings. The van der Waals surface area contributed by atoms with Crippen molar-refractivity contribution < 1.29 is 0 Å². The Hall–Kier alpha value is -3.27. The van der Waals surface area contributed by atoms with Crippen molar-refractivity contribution >= 4 is 23.1 Å². The lowest BCUT2D eigenvalue weighted by Gasteiger charge is -2.37. The number of benzene rings is 2. The van der Waals surface area contributed by atoms with E-state index in [0.717, 1.165) is 48.8 Å². The Morgan fingerprint density at radius 2 is 1.74 bits per heavy atom. The third-order valence-corrected chi connectivity index (χ3v) is 6.43. The van der Waals surface area contributed by atoms with Crippen LogP contribution in [0.5, 0.6) is 0 Å². The van der Waals surface area contributed by atoms with Gasteiger partial charge in [0.2, 0.25) is 0 Å². The predicted molar refractivity (Wildman–Crippen MR) is 123 cm³/mol. The highest BCUT2D eigenvalue weighted by Gasteiger charge is 2.33. The molecule has 6 nitrogen and oxygen atoms in total. The highest BCUT2D eigenvalue weighted by molar-refractivity contribution is 6.31. The Morgan fingerprint density at radius 3 is 2.48 bits per heavy atom. The largest absolute Gasteiger partial charge is 0.369 e. The molecule has 2 aliphatic heterocycles. The first-order valence-electron chi connectivity index (χ1n) is 10.4. The fourth-order valence-electron chi connectivity index (χ4n) is 4.48. The van der Waals surface area contributed by atoms with Crippen molar-refractivity contribution in [3.05, 3.63) is 88.2 Å². The fraction of sp³-hybridized carbons (Fsp3) is 0.250. The van der Waals surface area contributed by atoms with Crippen LogP contribution >= 0.6 is 11.6 Å². The second kappa shape index (κ2) is 8.46. The van der Waals surface area contributed by atoms with Crippen LogP contribution in [0, 0.1) is 11.3 Å². The molecule has 0 saturated carbocycles. The minimum Gasteiger partial charge on any atom is -0.369 e. The zero-order valence-corrected chi connectivity index (χ0v) is 17.8. The maximum absolute atomic E-state index is 10.1. The van der Waals surface area contributed by atoms with Crippen LogP contribution in [0.3, 0.4) is 0 Å². The van der Waals surface area contributed by atoms with Gasteiger partial charge in [0.05, 0.1) is 23.8 Å². The van der Waals surface area contributed by atoms with Crippen molar-refractivity contribution in [2.45, 2.75) is 5.92 Å². The summed E-state index contributed by atoms with van der Waals surface area (Å²) in [6.07, 6.45) is 1.78. The van der Waals surface area contributed by atoms with Gasteiger partial charge in [-0.1, -0.05) is 48.0 Å². The Morgan fingerprint density at radius 1 is 1.00 bits per heavy atom. The maximum Gasteiger partial charge on any atom is 0.129 e. The van der Waals surface area contributed by atoms with Gasteiger partial charge in [0, 0.05) is 54.7 Å². The number of hydrogen-bond acceptors (Lipinski definition) is 5. The molecule has 0 amide bonds. The molecule has 1 unspecified atom stereocenters. The molecule has 3 heterocycles. The van der Waals surface area contributed by atoms with Gasteiger partial charge in [-0.3, -0.25) is 10.00 Å². The monoisotopic (exact) mass is 430 g/mol. The topological polar surface area (TPSA) is 71.0 Å². The number of nitrogens with one attached hydrogen (secondary N) is 2. The number of nitrogens with zero attached hydrogens (tertiary/aromatic N) is 4. The van der Waals surface area contributed by atoms with E-state index in [9.17, 15) is 5.26 Å². The van der Waals surface area contributed by atoms with Gasteiger partial charge in [-0.2, -0.15) is 10.4 Å². The summed E-state index contributed by atoms with van der Waals surface area (Å²) in [6.45, 7) is 4.48. The van der Waals surface area contributed by atoms with Crippen molar-refractivity contribution in [2.75, 3.05) is 42.9 Å². The molecule has 0 radical (unpaired) electrons. The van der Waals surface area contributed by atoms with Gasteiger partial charge in [-0.15, -0.1) is 0 Å². The van der Waals surface area contributed by atoms with Gasteiger partial charge in [0.1, 0.15) is 5.82 Å². The summed E-state index contributed by atoms with van der Waals surface area (Å²) in [5, 5.41) is 21.5. The highest BCUT2D eigenvalue weighted by Crippen LogP contribution is 2.42. The lowest BCUT2D eigenvalue weighted by molar-refractivity contribution is 0.278. The Bertz CT molecular complexity index is 1140. The van der Waals surface area contributed by atoms with Crippen LogP contribution in [-0.4, -0.2) is 47.8 Å². The van der Waals surface area contributed by atoms with E-state index in [1.807, 2.05) is 30.3 Å². The number of nitriles is 1. The van der Waals surface area contributed by atoms with E-state index in [0.29, 0.717) is 17.1 Å². The van der Waals surface area contributed by atoms with Crippen LogP contribution < -0.4 is 10.2 Å². The van der Waals surface area contributed by atoms with Crippen LogP contribution in [0.4, 0.5) is 11.5 Å². The molecular formula is C24H23ClN6. The Balaban J connectivity index is 1.40. The summed E-state index contributed by atoms with van der Waals surface area (Å²) in [7, 11) is 0. The van der Waals surface area contributed by atoms with Crippen molar-refractivity contribution in [1.29, 1.82) is 5.26 Å². The van der Waals surface area contributed by atoms with Gasteiger partial charge in [0.25, 0.3) is 0 Å². The number of hydrogen-bond donors (Lipinski definition) is 2. The van der Waals surface area contributed by atoms with Crippen LogP contribution in [0.2, 0.25) is 5.02 Å². The number of aromatic amines is 1. The normalized spacial score (nSPS) is 19.0. The molecule has 1 atom stereocenters. The van der Waals surface area contributed by atoms with Crippen LogP contribution in [-0.2, 0) is 0 Å². The average molecular weight is 431 g/mol. The lowest BCUT2D eigenvalue weighted by Crippen LogP contribution is -2.47. The third-order valence-electron chi connectivity index (χ3n) is 6.08. The van der Waals surface area contributed by atoms with Crippen LogP contribution in [0.1, 0.15) is 17.0 Å². The standard InChI is InChI=1S/C24H23ClN6/c25-21-9-5-4-8-18(21)23-19(14-26)22(28-24-20(23)15-27-29-24)16-30-10-12-31(13-11-30)17-6-2-1-3-7-17/h1-9,15,23H,10-13,16H2,(H2,27,28,29). The molecule has 7 heteroatoms. The number of halogens is 1. The summed E-state index contributed by atoms with van der Waals surface area (Å²) in [5.41, 5.74) is 4.75. The number of fused-ring (bicyclic) bond motifs is 1. The molecule has 1 fully saturated rings. The zero-order valence-electron chi connectivity index (χ0n) is 17.1. The van der Waals surface area contributed by atoms with E-state index in [1.54, 1.807) is 6.20 Å². The van der Waals surface area contributed by atoms with Crippen molar-refractivity contribution in [1.82, 2.24) is 15.1 Å². The molecule has 2 N–H and O–H groups in total. The van der Waals surface area contributed by atoms with Crippen molar-refractivity contribution in [3.8, 4) is 6.07 Å². The van der Waals surface area contributed by atoms with E-state index < -0.39 is 0 Å². The SMILES string of the molecule is N#CC1=C(CN2CCN(c3ccccc3)CC2)Nc2[nH]ncc2C1c1ccccc1Cl. The minimum absolute atomic E-state index is 0.227. The number of anilines is 2. The number of para-hydroxylation sites is 1. The van der Waals surface area contributed by atoms with E-state index >= 15 is 0 Å². The summed E-state index contributed by atoms with van der Waals surface area (Å²) < 4.78 is 0. The zero-order chi connectivity index (χ0) is 21.2.